The average Bonchev–Trinajstić information content (AvgIpc) is 3.11. The van der Waals surface area contributed by atoms with Crippen LogP contribution in [-0.2, 0) is 21.2 Å². The number of para-hydroxylation sites is 1. The molecule has 0 radical (unpaired) electrons. The average molecular weight is 418 g/mol. The Kier molecular flexibility index (Phi) is 6.66. The van der Waals surface area contributed by atoms with E-state index in [4.69, 9.17) is 0 Å². The molecule has 0 saturated heterocycles. The minimum Gasteiger partial charge on any atom is -0.361 e. The number of fused-ring (bicyclic) bond motifs is 1. The summed E-state index contributed by atoms with van der Waals surface area (Å²) in [6.45, 7) is 0.722. The fraction of sp³-hybridized carbons (Fsp3) is 0.286. The first-order chi connectivity index (χ1) is 13.9. The molecule has 1 amide bonds. The van der Waals surface area contributed by atoms with Gasteiger partial charge in [-0.3, -0.25) is 4.79 Å². The fourth-order valence-electron chi connectivity index (χ4n) is 3.13. The monoisotopic (exact) mass is 417 g/mol. The van der Waals surface area contributed by atoms with Crippen molar-refractivity contribution >= 4 is 26.8 Å². The predicted molar refractivity (Wildman–Crippen MR) is 110 cm³/mol. The summed E-state index contributed by atoms with van der Waals surface area (Å²) in [6, 6.07) is 12.7. The second-order valence-electron chi connectivity index (χ2n) is 6.84. The molecule has 3 aromatic rings. The van der Waals surface area contributed by atoms with Gasteiger partial charge in [-0.15, -0.1) is 0 Å². The summed E-state index contributed by atoms with van der Waals surface area (Å²) in [6.07, 6.45) is 3.30. The minimum atomic E-state index is -3.69. The van der Waals surface area contributed by atoms with Gasteiger partial charge >= 0.3 is 0 Å². The van der Waals surface area contributed by atoms with Crippen molar-refractivity contribution in [1.82, 2.24) is 14.6 Å². The van der Waals surface area contributed by atoms with E-state index in [1.807, 2.05) is 30.5 Å². The predicted octanol–water partition coefficient (Wildman–Crippen LogP) is 3.07. The van der Waals surface area contributed by atoms with Gasteiger partial charge in [-0.05, 0) is 48.7 Å². The molecule has 0 aliphatic rings. The summed E-state index contributed by atoms with van der Waals surface area (Å²) >= 11 is 0. The highest BCUT2D eigenvalue weighted by Gasteiger charge is 2.20. The van der Waals surface area contributed by atoms with E-state index in [-0.39, 0.29) is 23.8 Å². The molecule has 3 rings (SSSR count). The number of sulfonamides is 1. The third kappa shape index (κ3) is 5.21. The number of carbonyl (C=O) groups excluding carboxylic acids is 1. The first-order valence-corrected chi connectivity index (χ1v) is 10.9. The molecule has 0 fully saturated rings. The lowest BCUT2D eigenvalue weighted by molar-refractivity contribution is -0.121. The van der Waals surface area contributed by atoms with Crippen molar-refractivity contribution in [3.63, 3.8) is 0 Å². The molecule has 0 aliphatic heterocycles. The Balaban J connectivity index is 1.42. The maximum atomic E-state index is 13.0. The molecule has 0 saturated carbocycles. The molecule has 6 nitrogen and oxygen atoms in total. The highest BCUT2D eigenvalue weighted by Crippen LogP contribution is 2.18. The standard InChI is InChI=1S/C21H24FN3O3S/c1-25(29(27,28)18-10-8-17(22)9-11-18)14-4-7-21(26)23-13-12-16-15-24-20-6-3-2-5-19(16)20/h2-3,5-6,8-11,15,24H,4,7,12-14H2,1H3,(H,23,26). The number of carbonyl (C=O) groups is 1. The van der Waals surface area contributed by atoms with Crippen molar-refractivity contribution in [1.29, 1.82) is 0 Å². The van der Waals surface area contributed by atoms with E-state index >= 15 is 0 Å². The molecule has 1 aromatic heterocycles. The number of aromatic nitrogens is 1. The van der Waals surface area contributed by atoms with Gasteiger partial charge in [-0.25, -0.2) is 17.1 Å². The lowest BCUT2D eigenvalue weighted by Crippen LogP contribution is -2.30. The molecule has 154 valence electrons. The van der Waals surface area contributed by atoms with Gasteiger partial charge in [0.2, 0.25) is 15.9 Å². The maximum Gasteiger partial charge on any atom is 0.242 e. The number of nitrogens with one attached hydrogen (secondary N) is 2. The highest BCUT2D eigenvalue weighted by molar-refractivity contribution is 7.89. The third-order valence-corrected chi connectivity index (χ3v) is 6.66. The first kappa shape index (κ1) is 21.0. The second kappa shape index (κ2) is 9.19. The molecule has 0 aliphatic carbocycles. The number of halogens is 1. The van der Waals surface area contributed by atoms with E-state index in [0.717, 1.165) is 28.6 Å². The van der Waals surface area contributed by atoms with E-state index in [1.165, 1.54) is 23.5 Å². The van der Waals surface area contributed by atoms with E-state index in [1.54, 1.807) is 0 Å². The van der Waals surface area contributed by atoms with Crippen LogP contribution < -0.4 is 5.32 Å². The quantitative estimate of drug-likeness (QED) is 0.561. The summed E-state index contributed by atoms with van der Waals surface area (Å²) in [5.74, 6) is -0.603. The molecule has 0 bridgehead atoms. The Morgan fingerprint density at radius 1 is 1.14 bits per heavy atom. The van der Waals surface area contributed by atoms with Gasteiger partial charge in [0.05, 0.1) is 4.90 Å². The summed E-state index contributed by atoms with van der Waals surface area (Å²) in [4.78, 5) is 15.3. The Hall–Kier alpha value is -2.71. The SMILES string of the molecule is CN(CCCC(=O)NCCc1c[nH]c2ccccc12)S(=O)(=O)c1ccc(F)cc1. The minimum absolute atomic E-state index is 0.0320. The smallest absolute Gasteiger partial charge is 0.242 e. The van der Waals surface area contributed by atoms with E-state index < -0.39 is 15.8 Å². The van der Waals surface area contributed by atoms with Crippen LogP contribution in [0, 0.1) is 5.82 Å². The Morgan fingerprint density at radius 3 is 2.62 bits per heavy atom. The van der Waals surface area contributed by atoms with Gasteiger partial charge in [-0.1, -0.05) is 18.2 Å². The topological polar surface area (TPSA) is 82.3 Å². The molecule has 0 spiro atoms. The van der Waals surface area contributed by atoms with Crippen LogP contribution in [0.15, 0.2) is 59.6 Å². The highest BCUT2D eigenvalue weighted by atomic mass is 32.2. The second-order valence-corrected chi connectivity index (χ2v) is 8.89. The number of nitrogens with zero attached hydrogens (tertiary/aromatic N) is 1. The number of aromatic amines is 1. The number of rotatable bonds is 9. The Morgan fingerprint density at radius 2 is 1.86 bits per heavy atom. The molecule has 0 atom stereocenters. The lowest BCUT2D eigenvalue weighted by atomic mass is 10.1. The molecule has 2 N–H and O–H groups in total. The summed E-state index contributed by atoms with van der Waals surface area (Å²) in [5.41, 5.74) is 2.21. The van der Waals surface area contributed by atoms with Crippen molar-refractivity contribution in [2.24, 2.45) is 0 Å². The number of hydrogen-bond acceptors (Lipinski definition) is 3. The van der Waals surface area contributed by atoms with Crippen LogP contribution in [0.4, 0.5) is 4.39 Å². The number of H-pyrrole nitrogens is 1. The van der Waals surface area contributed by atoms with Gasteiger partial charge < -0.3 is 10.3 Å². The first-order valence-electron chi connectivity index (χ1n) is 9.41. The van der Waals surface area contributed by atoms with Crippen molar-refractivity contribution in [3.05, 3.63) is 66.1 Å². The fourth-order valence-corrected chi connectivity index (χ4v) is 4.34. The summed E-state index contributed by atoms with van der Waals surface area (Å²) < 4.78 is 39.0. The summed E-state index contributed by atoms with van der Waals surface area (Å²) in [5, 5.41) is 4.02. The number of benzene rings is 2. The zero-order chi connectivity index (χ0) is 20.9. The van der Waals surface area contributed by atoms with Crippen LogP contribution in [0.1, 0.15) is 18.4 Å². The summed E-state index contributed by atoms with van der Waals surface area (Å²) in [7, 11) is -2.24. The van der Waals surface area contributed by atoms with Gasteiger partial charge in [0, 0.05) is 43.7 Å². The third-order valence-electron chi connectivity index (χ3n) is 4.79. The van der Waals surface area contributed by atoms with E-state index in [9.17, 15) is 17.6 Å². The zero-order valence-corrected chi connectivity index (χ0v) is 17.0. The molecule has 2 aromatic carbocycles. The molecule has 29 heavy (non-hydrogen) atoms. The van der Waals surface area contributed by atoms with Crippen LogP contribution >= 0.6 is 0 Å². The molecule has 8 heteroatoms. The van der Waals surface area contributed by atoms with Crippen molar-refractivity contribution in [2.45, 2.75) is 24.2 Å². The van der Waals surface area contributed by atoms with E-state index in [2.05, 4.69) is 10.3 Å². The molecular formula is C21H24FN3O3S. The lowest BCUT2D eigenvalue weighted by Gasteiger charge is -2.17. The van der Waals surface area contributed by atoms with Crippen LogP contribution in [0.25, 0.3) is 10.9 Å². The van der Waals surface area contributed by atoms with Gasteiger partial charge in [0.25, 0.3) is 0 Å². The van der Waals surface area contributed by atoms with E-state index in [0.29, 0.717) is 19.4 Å². The molecular weight excluding hydrogens is 393 g/mol. The number of amides is 1. The van der Waals surface area contributed by atoms with Gasteiger partial charge in [-0.2, -0.15) is 0 Å². The number of hydrogen-bond donors (Lipinski definition) is 2. The molecule has 0 unspecified atom stereocenters. The van der Waals surface area contributed by atoms with Gasteiger partial charge in [0.1, 0.15) is 5.82 Å². The van der Waals surface area contributed by atoms with Crippen molar-refractivity contribution < 1.29 is 17.6 Å². The van der Waals surface area contributed by atoms with Crippen molar-refractivity contribution in [3.8, 4) is 0 Å². The van der Waals surface area contributed by atoms with Crippen LogP contribution in [0.2, 0.25) is 0 Å². The largest absolute Gasteiger partial charge is 0.361 e. The normalized spacial score (nSPS) is 11.8. The Labute approximate surface area is 169 Å². The molecule has 1 heterocycles. The zero-order valence-electron chi connectivity index (χ0n) is 16.2. The van der Waals surface area contributed by atoms with Crippen LogP contribution in [-0.4, -0.2) is 43.8 Å². The Bertz CT molecular complexity index is 1080. The van der Waals surface area contributed by atoms with Gasteiger partial charge in [0.15, 0.2) is 0 Å². The van der Waals surface area contributed by atoms with Crippen LogP contribution in [0.3, 0.4) is 0 Å². The maximum absolute atomic E-state index is 13.0. The van der Waals surface area contributed by atoms with Crippen molar-refractivity contribution in [2.75, 3.05) is 20.1 Å². The van der Waals surface area contributed by atoms with Crippen LogP contribution in [0.5, 0.6) is 0 Å².